The Morgan fingerprint density at radius 2 is 1.78 bits per heavy atom. The van der Waals surface area contributed by atoms with Crippen LogP contribution in [0.1, 0.15) is 44.0 Å². The lowest BCUT2D eigenvalue weighted by Crippen LogP contribution is -2.36. The summed E-state index contributed by atoms with van der Waals surface area (Å²) >= 11 is 0. The molecule has 0 fully saturated rings. The lowest BCUT2D eigenvalue weighted by molar-refractivity contribution is 0.0976. The molecule has 0 unspecified atom stereocenters. The smallest absolute Gasteiger partial charge is 0.258 e. The first kappa shape index (κ1) is 23.2. The molecule has 0 atom stereocenters. The standard InChI is InChI=1S/C25H30FN5O/c1-15-7-8-17(3)23(13-15)28-25(27-12-11-21-18(4)30-31(6)19(21)5)29-24(32)20-10-9-16(2)22(26)14-20/h7-10,13-14H,11-12H2,1-6H3,(H2,27,28,29,32). The number of aryl methyl sites for hydroxylation is 5. The number of amides is 1. The summed E-state index contributed by atoms with van der Waals surface area (Å²) in [5.74, 6) is -0.515. The van der Waals surface area contributed by atoms with Crippen molar-refractivity contribution >= 4 is 17.6 Å². The Balaban J connectivity index is 1.84. The van der Waals surface area contributed by atoms with Crippen LogP contribution < -0.4 is 10.6 Å². The summed E-state index contributed by atoms with van der Waals surface area (Å²) in [6.07, 6.45) is 0.693. The summed E-state index contributed by atoms with van der Waals surface area (Å²) in [5.41, 5.74) is 6.92. The molecule has 0 saturated heterocycles. The van der Waals surface area contributed by atoms with E-state index in [0.29, 0.717) is 24.5 Å². The highest BCUT2D eigenvalue weighted by molar-refractivity contribution is 6.10. The van der Waals surface area contributed by atoms with E-state index in [2.05, 4.69) is 20.7 Å². The zero-order valence-electron chi connectivity index (χ0n) is 19.5. The molecule has 0 spiro atoms. The Labute approximate surface area is 188 Å². The summed E-state index contributed by atoms with van der Waals surface area (Å²) in [5, 5.41) is 10.5. The average molecular weight is 436 g/mol. The van der Waals surface area contributed by atoms with Crippen molar-refractivity contribution in [2.24, 2.45) is 12.0 Å². The van der Waals surface area contributed by atoms with Gasteiger partial charge < -0.3 is 5.32 Å². The van der Waals surface area contributed by atoms with Crippen molar-refractivity contribution in [3.8, 4) is 0 Å². The molecule has 2 N–H and O–H groups in total. The molecule has 0 bridgehead atoms. The topological polar surface area (TPSA) is 71.3 Å². The first-order valence-corrected chi connectivity index (χ1v) is 10.6. The zero-order chi connectivity index (χ0) is 23.4. The van der Waals surface area contributed by atoms with Crippen molar-refractivity contribution in [3.05, 3.63) is 81.4 Å². The zero-order valence-corrected chi connectivity index (χ0v) is 19.5. The minimum atomic E-state index is -0.422. The number of rotatable bonds is 5. The first-order chi connectivity index (χ1) is 15.2. The van der Waals surface area contributed by atoms with Crippen molar-refractivity contribution in [3.63, 3.8) is 0 Å². The number of benzene rings is 2. The van der Waals surface area contributed by atoms with Crippen LogP contribution in [0, 0.1) is 40.4 Å². The summed E-state index contributed by atoms with van der Waals surface area (Å²) in [6.45, 7) is 10.1. The van der Waals surface area contributed by atoms with E-state index in [1.165, 1.54) is 6.07 Å². The molecule has 1 amide bonds. The van der Waals surface area contributed by atoms with Gasteiger partial charge in [-0.1, -0.05) is 18.2 Å². The van der Waals surface area contributed by atoms with Crippen molar-refractivity contribution in [2.75, 3.05) is 11.9 Å². The van der Waals surface area contributed by atoms with Crippen LogP contribution in [0.15, 0.2) is 41.4 Å². The summed E-state index contributed by atoms with van der Waals surface area (Å²) < 4.78 is 15.8. The van der Waals surface area contributed by atoms with Gasteiger partial charge in [-0.3, -0.25) is 19.8 Å². The largest absolute Gasteiger partial charge is 0.326 e. The van der Waals surface area contributed by atoms with E-state index in [1.807, 2.05) is 57.6 Å². The van der Waals surface area contributed by atoms with Gasteiger partial charge in [0.1, 0.15) is 5.82 Å². The fraction of sp³-hybridized carbons (Fsp3) is 0.320. The fourth-order valence-corrected chi connectivity index (χ4v) is 3.48. The number of carbonyl (C=O) groups excluding carboxylic acids is 1. The van der Waals surface area contributed by atoms with Crippen LogP contribution in [0.2, 0.25) is 0 Å². The Kier molecular flexibility index (Phi) is 7.08. The van der Waals surface area contributed by atoms with Crippen LogP contribution in [-0.2, 0) is 13.5 Å². The Morgan fingerprint density at radius 3 is 2.44 bits per heavy atom. The maximum absolute atomic E-state index is 14.0. The van der Waals surface area contributed by atoms with E-state index >= 15 is 0 Å². The van der Waals surface area contributed by atoms with Gasteiger partial charge in [-0.2, -0.15) is 5.10 Å². The second kappa shape index (κ2) is 9.77. The van der Waals surface area contributed by atoms with E-state index in [9.17, 15) is 9.18 Å². The molecule has 1 aromatic heterocycles. The van der Waals surface area contributed by atoms with Gasteiger partial charge in [-0.15, -0.1) is 0 Å². The third-order valence-corrected chi connectivity index (χ3v) is 5.60. The normalized spacial score (nSPS) is 11.5. The number of aromatic nitrogens is 2. The third kappa shape index (κ3) is 5.41. The van der Waals surface area contributed by atoms with Crippen LogP contribution in [0.5, 0.6) is 0 Å². The number of hydrogen-bond donors (Lipinski definition) is 2. The number of halogens is 1. The molecule has 0 aliphatic rings. The molecule has 32 heavy (non-hydrogen) atoms. The molecule has 3 rings (SSSR count). The van der Waals surface area contributed by atoms with Crippen LogP contribution in [-0.4, -0.2) is 28.2 Å². The maximum atomic E-state index is 14.0. The number of guanidine groups is 1. The lowest BCUT2D eigenvalue weighted by atomic mass is 10.1. The van der Waals surface area contributed by atoms with Crippen LogP contribution in [0.3, 0.4) is 0 Å². The molecule has 0 saturated carbocycles. The van der Waals surface area contributed by atoms with Gasteiger partial charge in [0, 0.05) is 30.5 Å². The van der Waals surface area contributed by atoms with Crippen molar-refractivity contribution in [1.82, 2.24) is 15.1 Å². The van der Waals surface area contributed by atoms with Gasteiger partial charge in [0.05, 0.1) is 5.69 Å². The Hall–Kier alpha value is -3.48. The Bertz CT molecular complexity index is 1180. The Morgan fingerprint density at radius 1 is 1.06 bits per heavy atom. The number of anilines is 1. The minimum Gasteiger partial charge on any atom is -0.326 e. The molecule has 7 heteroatoms. The maximum Gasteiger partial charge on any atom is 0.258 e. The predicted molar refractivity (Wildman–Crippen MR) is 127 cm³/mol. The highest BCUT2D eigenvalue weighted by atomic mass is 19.1. The van der Waals surface area contributed by atoms with Crippen molar-refractivity contribution in [1.29, 1.82) is 0 Å². The molecule has 2 aromatic carbocycles. The molecule has 0 aliphatic carbocycles. The van der Waals surface area contributed by atoms with Gasteiger partial charge in [0.15, 0.2) is 0 Å². The second-order valence-corrected chi connectivity index (χ2v) is 8.11. The van der Waals surface area contributed by atoms with Crippen molar-refractivity contribution in [2.45, 2.75) is 41.0 Å². The van der Waals surface area contributed by atoms with E-state index in [1.54, 1.807) is 19.1 Å². The number of aliphatic imine (C=N–C) groups is 1. The number of nitrogens with zero attached hydrogens (tertiary/aromatic N) is 3. The number of carbonyl (C=O) groups is 1. The molecule has 3 aromatic rings. The predicted octanol–water partition coefficient (Wildman–Crippen LogP) is 4.54. The van der Waals surface area contributed by atoms with Crippen LogP contribution >= 0.6 is 0 Å². The molecular formula is C25H30FN5O. The quantitative estimate of drug-likeness (QED) is 0.457. The van der Waals surface area contributed by atoms with Gasteiger partial charge in [0.25, 0.3) is 5.91 Å². The number of nitrogens with one attached hydrogen (secondary N) is 2. The van der Waals surface area contributed by atoms with E-state index < -0.39 is 11.7 Å². The van der Waals surface area contributed by atoms with Crippen molar-refractivity contribution < 1.29 is 9.18 Å². The highest BCUT2D eigenvalue weighted by Gasteiger charge is 2.13. The minimum absolute atomic E-state index is 0.238. The molecule has 1 heterocycles. The molecule has 6 nitrogen and oxygen atoms in total. The van der Waals surface area contributed by atoms with Crippen LogP contribution in [0.25, 0.3) is 0 Å². The molecular weight excluding hydrogens is 405 g/mol. The second-order valence-electron chi connectivity index (χ2n) is 8.11. The summed E-state index contributed by atoms with van der Waals surface area (Å²) in [4.78, 5) is 17.4. The fourth-order valence-electron chi connectivity index (χ4n) is 3.48. The first-order valence-electron chi connectivity index (χ1n) is 10.6. The summed E-state index contributed by atoms with van der Waals surface area (Å²) in [7, 11) is 1.92. The van der Waals surface area contributed by atoms with Gasteiger partial charge >= 0.3 is 0 Å². The number of hydrogen-bond acceptors (Lipinski definition) is 3. The molecule has 0 aliphatic heterocycles. The van der Waals surface area contributed by atoms with Gasteiger partial charge in [0.2, 0.25) is 5.96 Å². The monoisotopic (exact) mass is 435 g/mol. The van der Waals surface area contributed by atoms with Crippen LogP contribution in [0.4, 0.5) is 10.1 Å². The average Bonchev–Trinajstić information content (AvgIpc) is 2.98. The SMILES string of the molecule is Cc1ccc(C)c(NC(=NCCc2c(C)nn(C)c2C)NC(=O)c2ccc(C)c(F)c2)c1. The molecule has 0 radical (unpaired) electrons. The summed E-state index contributed by atoms with van der Waals surface area (Å²) in [6, 6.07) is 10.5. The van der Waals surface area contributed by atoms with E-state index in [4.69, 9.17) is 0 Å². The van der Waals surface area contributed by atoms with Gasteiger partial charge in [-0.25, -0.2) is 4.39 Å². The highest BCUT2D eigenvalue weighted by Crippen LogP contribution is 2.17. The third-order valence-electron chi connectivity index (χ3n) is 5.60. The molecule has 168 valence electrons. The lowest BCUT2D eigenvalue weighted by Gasteiger charge is -2.14. The van der Waals surface area contributed by atoms with Gasteiger partial charge in [-0.05, 0) is 81.5 Å². The van der Waals surface area contributed by atoms with E-state index in [-0.39, 0.29) is 5.56 Å². The van der Waals surface area contributed by atoms with E-state index in [0.717, 1.165) is 33.8 Å².